The average Bonchev–Trinajstić information content (AvgIpc) is 2.91. The first-order valence-electron chi connectivity index (χ1n) is 6.72. The summed E-state index contributed by atoms with van der Waals surface area (Å²) in [5.74, 6) is -2.97. The van der Waals surface area contributed by atoms with Crippen LogP contribution in [-0.4, -0.2) is 32.7 Å². The topological polar surface area (TPSA) is 116 Å². The van der Waals surface area contributed by atoms with Crippen LogP contribution >= 0.6 is 0 Å². The van der Waals surface area contributed by atoms with Gasteiger partial charge in [0.2, 0.25) is 0 Å². The Labute approximate surface area is 157 Å². The van der Waals surface area contributed by atoms with Gasteiger partial charge in [-0.1, -0.05) is 18.2 Å². The summed E-state index contributed by atoms with van der Waals surface area (Å²) in [5, 5.41) is 23.6. The van der Waals surface area contributed by atoms with Crippen LogP contribution in [0.5, 0.6) is 5.75 Å². The van der Waals surface area contributed by atoms with Crippen molar-refractivity contribution in [3.63, 3.8) is 0 Å². The maximum absolute atomic E-state index is 12.4. The number of aromatic nitrogens is 2. The van der Waals surface area contributed by atoms with Crippen LogP contribution in [0.25, 0.3) is 16.4 Å². The average molecular weight is 337 g/mol. The molecule has 2 aromatic heterocycles. The van der Waals surface area contributed by atoms with Crippen LogP contribution in [0.2, 0.25) is 0 Å². The molecule has 0 fully saturated rings. The number of para-hydroxylation sites is 1. The van der Waals surface area contributed by atoms with Crippen LogP contribution < -0.4 is 45.5 Å². The number of carbonyl (C=O) groups excluding carboxylic acids is 2. The normalized spacial score (nSPS) is 10.5. The molecule has 0 aliphatic rings. The van der Waals surface area contributed by atoms with Crippen molar-refractivity contribution in [3.05, 3.63) is 46.2 Å². The fourth-order valence-electron chi connectivity index (χ4n) is 2.56. The summed E-state index contributed by atoms with van der Waals surface area (Å²) in [7, 11) is 1.46. The second-order valence-corrected chi connectivity index (χ2v) is 5.01. The monoisotopic (exact) mass is 337 g/mol. The molecule has 24 heavy (non-hydrogen) atoms. The van der Waals surface area contributed by atoms with Crippen molar-refractivity contribution in [1.29, 1.82) is 0 Å². The van der Waals surface area contributed by atoms with E-state index in [-0.39, 0.29) is 35.1 Å². The summed E-state index contributed by atoms with van der Waals surface area (Å²) in [5.41, 5.74) is -0.290. The smallest absolute Gasteiger partial charge is 0.548 e. The minimum absolute atomic E-state index is 0. The first-order valence-corrected chi connectivity index (χ1v) is 6.72. The number of hydrogen-bond donors (Lipinski definition) is 2. The Hall–Kier alpha value is -2.29. The maximum atomic E-state index is 12.4. The predicted molar refractivity (Wildman–Crippen MR) is 79.1 cm³/mol. The molecule has 9 heteroatoms. The molecule has 1 aromatic carbocycles. The quantitative estimate of drug-likeness (QED) is 0.472. The Balaban J connectivity index is 0.00000208. The van der Waals surface area contributed by atoms with Crippen LogP contribution in [0, 0.1) is 0 Å². The number of benzene rings is 1. The van der Waals surface area contributed by atoms with E-state index >= 15 is 0 Å². The minimum atomic E-state index is -1.50. The number of hydrogen-bond acceptors (Lipinski definition) is 5. The number of carbonyl (C=O) groups is 2. The number of aliphatic carboxylic acids is 1. The number of rotatable bonds is 3. The van der Waals surface area contributed by atoms with Crippen molar-refractivity contribution in [1.82, 2.24) is 14.5 Å². The molecule has 0 atom stereocenters. The first kappa shape index (κ1) is 18.1. The summed E-state index contributed by atoms with van der Waals surface area (Å²) in [6.45, 7) is -0.754. The second kappa shape index (κ2) is 6.68. The summed E-state index contributed by atoms with van der Waals surface area (Å²) in [4.78, 5) is 34.8. The molecule has 2 heterocycles. The Morgan fingerprint density at radius 3 is 2.58 bits per heavy atom. The van der Waals surface area contributed by atoms with Gasteiger partial charge in [0, 0.05) is 12.4 Å². The van der Waals surface area contributed by atoms with E-state index in [4.69, 9.17) is 0 Å². The van der Waals surface area contributed by atoms with E-state index in [1.165, 1.54) is 16.2 Å². The van der Waals surface area contributed by atoms with Crippen molar-refractivity contribution in [2.24, 2.45) is 7.05 Å². The third-order valence-corrected chi connectivity index (χ3v) is 3.59. The minimum Gasteiger partial charge on any atom is -0.548 e. The zero-order valence-corrected chi connectivity index (χ0v) is 15.1. The van der Waals surface area contributed by atoms with Gasteiger partial charge in [0.1, 0.15) is 11.1 Å². The summed E-state index contributed by atoms with van der Waals surface area (Å²) >= 11 is 0. The molecule has 2 N–H and O–H groups in total. The Morgan fingerprint density at radius 2 is 1.92 bits per heavy atom. The fourth-order valence-corrected chi connectivity index (χ4v) is 2.56. The van der Waals surface area contributed by atoms with E-state index in [1.54, 1.807) is 18.2 Å². The van der Waals surface area contributed by atoms with Crippen molar-refractivity contribution >= 4 is 28.3 Å². The molecule has 0 bridgehead atoms. The Bertz CT molecular complexity index is 1020. The Kier molecular flexibility index (Phi) is 5.02. The van der Waals surface area contributed by atoms with E-state index in [0.717, 1.165) is 5.39 Å². The number of aromatic hydroxyl groups is 1. The van der Waals surface area contributed by atoms with Gasteiger partial charge in [0.05, 0.1) is 18.0 Å². The van der Waals surface area contributed by atoms with E-state index < -0.39 is 35.3 Å². The zero-order chi connectivity index (χ0) is 16.7. The number of amides is 1. The van der Waals surface area contributed by atoms with Crippen molar-refractivity contribution in [3.8, 4) is 5.75 Å². The summed E-state index contributed by atoms with van der Waals surface area (Å²) in [6, 6.07) is 8.82. The third-order valence-electron chi connectivity index (χ3n) is 3.59. The summed E-state index contributed by atoms with van der Waals surface area (Å²) < 4.78 is 2.67. The van der Waals surface area contributed by atoms with E-state index in [0.29, 0.717) is 5.52 Å². The van der Waals surface area contributed by atoms with Gasteiger partial charge < -0.3 is 20.3 Å². The molecule has 0 aliphatic carbocycles. The Morgan fingerprint density at radius 1 is 1.25 bits per heavy atom. The van der Waals surface area contributed by atoms with E-state index in [9.17, 15) is 24.6 Å². The van der Waals surface area contributed by atoms with Gasteiger partial charge in [-0.3, -0.25) is 9.59 Å². The predicted octanol–water partition coefficient (Wildman–Crippen LogP) is -4.02. The number of aryl methyl sites for hydroxylation is 1. The molecule has 0 aliphatic heterocycles. The van der Waals surface area contributed by atoms with Crippen LogP contribution in [-0.2, 0) is 11.8 Å². The maximum Gasteiger partial charge on any atom is 1.00 e. The second-order valence-electron chi connectivity index (χ2n) is 5.01. The molecule has 8 nitrogen and oxygen atoms in total. The van der Waals surface area contributed by atoms with Crippen molar-refractivity contribution < 1.29 is 49.4 Å². The van der Waals surface area contributed by atoms with Crippen LogP contribution in [0.4, 0.5) is 0 Å². The van der Waals surface area contributed by atoms with Crippen molar-refractivity contribution in [2.45, 2.75) is 0 Å². The molecule has 1 amide bonds. The van der Waals surface area contributed by atoms with Gasteiger partial charge in [0.25, 0.3) is 11.5 Å². The molecule has 0 radical (unpaired) electrons. The number of fused-ring (bicyclic) bond motifs is 3. The third kappa shape index (κ3) is 2.79. The number of carboxylic acid groups (broad SMARTS) is 1. The fraction of sp³-hybridized carbons (Fsp3) is 0.133. The molecule has 3 aromatic rings. The van der Waals surface area contributed by atoms with E-state index in [2.05, 4.69) is 0 Å². The number of carboxylic acids is 1. The van der Waals surface area contributed by atoms with E-state index in [1.807, 2.05) is 17.4 Å². The first-order chi connectivity index (χ1) is 10.9. The van der Waals surface area contributed by atoms with Crippen molar-refractivity contribution in [2.75, 3.05) is 6.54 Å². The largest absolute Gasteiger partial charge is 1.00 e. The van der Waals surface area contributed by atoms with Gasteiger partial charge in [-0.25, -0.2) is 9.20 Å². The van der Waals surface area contributed by atoms with Gasteiger partial charge in [0.15, 0.2) is 5.75 Å². The molecule has 0 unspecified atom stereocenters. The molecule has 3 rings (SSSR count). The van der Waals surface area contributed by atoms with Gasteiger partial charge in [-0.05, 0) is 12.1 Å². The van der Waals surface area contributed by atoms with Gasteiger partial charge in [-0.15, -0.1) is 0 Å². The molecular weight excluding hydrogens is 325 g/mol. The molecule has 118 valence electrons. The number of nitrogens with one attached hydrogen (secondary N) is 1. The number of nitrogens with zero attached hydrogens (tertiary/aromatic N) is 2. The molecular formula is C15H12N3NaO5. The molecule has 0 saturated heterocycles. The summed E-state index contributed by atoms with van der Waals surface area (Å²) in [6.07, 6.45) is 0. The van der Waals surface area contributed by atoms with Crippen LogP contribution in [0.1, 0.15) is 10.4 Å². The van der Waals surface area contributed by atoms with Crippen LogP contribution in [0.15, 0.2) is 35.1 Å². The SMILES string of the molecule is Cn1c(=O)c(C(=O)NCC(=O)[O-])c(O)c2cc3ccccc3n21.[Na+]. The standard InChI is InChI=1S/C15H13N3O5.Na/c1-17-15(23)12(14(22)16-7-11(19)20)13(21)10-6-8-4-2-3-5-9(8)18(10)17;/h2-6,21H,7H2,1H3,(H,16,22)(H,19,20);/q;+1/p-1. The molecule has 0 spiro atoms. The molecule has 0 saturated carbocycles. The van der Waals surface area contributed by atoms with Gasteiger partial charge in [-0.2, -0.15) is 0 Å². The van der Waals surface area contributed by atoms with Gasteiger partial charge >= 0.3 is 29.6 Å². The zero-order valence-electron chi connectivity index (χ0n) is 13.1. The van der Waals surface area contributed by atoms with Crippen LogP contribution in [0.3, 0.4) is 0 Å².